The molecule has 364 valence electrons. The molecule has 1 nitrogen and oxygen atoms in total. The third-order valence-electron chi connectivity index (χ3n) is 17.4. The third-order valence-corrected chi connectivity index (χ3v) is 17.4. The molecule has 0 saturated heterocycles. The lowest BCUT2D eigenvalue weighted by Crippen LogP contribution is -2.15. The zero-order valence-corrected chi connectivity index (χ0v) is 43.8. The summed E-state index contributed by atoms with van der Waals surface area (Å²) in [6, 6.07) is 97.6. The van der Waals surface area contributed by atoms with Gasteiger partial charge in [0.2, 0.25) is 0 Å². The molecule has 1 heterocycles. The van der Waals surface area contributed by atoms with Gasteiger partial charge in [0.15, 0.2) is 0 Å². The van der Waals surface area contributed by atoms with Crippen molar-refractivity contribution in [2.75, 3.05) is 0 Å². The minimum atomic E-state index is -0.120. The predicted octanol–water partition coefficient (Wildman–Crippen LogP) is 20.6. The average Bonchev–Trinajstić information content (AvgIpc) is 4.25. The van der Waals surface area contributed by atoms with E-state index >= 15 is 0 Å². The topological polar surface area (TPSA) is 4.93 Å². The van der Waals surface area contributed by atoms with Gasteiger partial charge >= 0.3 is 0 Å². The van der Waals surface area contributed by atoms with Gasteiger partial charge in [-0.05, 0) is 181 Å². The summed E-state index contributed by atoms with van der Waals surface area (Å²) < 4.78 is 2.40. The van der Waals surface area contributed by atoms with Gasteiger partial charge in [-0.1, -0.05) is 240 Å². The van der Waals surface area contributed by atoms with Gasteiger partial charge in [-0.3, -0.25) is 0 Å². The van der Waals surface area contributed by atoms with Crippen LogP contribution in [0.3, 0.4) is 0 Å². The van der Waals surface area contributed by atoms with Crippen molar-refractivity contribution in [3.8, 4) is 95.0 Å². The second-order valence-electron chi connectivity index (χ2n) is 22.4. The van der Waals surface area contributed by atoms with Gasteiger partial charge in [-0.25, -0.2) is 0 Å². The predicted molar refractivity (Wildman–Crippen MR) is 326 cm³/mol. The maximum Gasteiger partial charge on any atom is 0.0535 e. The van der Waals surface area contributed by atoms with E-state index in [1.54, 1.807) is 0 Å². The Morgan fingerprint density at radius 3 is 1.21 bits per heavy atom. The zero-order chi connectivity index (χ0) is 51.6. The van der Waals surface area contributed by atoms with Gasteiger partial charge in [0.1, 0.15) is 0 Å². The summed E-state index contributed by atoms with van der Waals surface area (Å²) in [7, 11) is 0. The fourth-order valence-electron chi connectivity index (χ4n) is 13.5. The Kier molecular flexibility index (Phi) is 10.0. The Bertz CT molecular complexity index is 4470. The molecule has 0 bridgehead atoms. The van der Waals surface area contributed by atoms with Gasteiger partial charge < -0.3 is 4.57 Å². The standard InChI is InChI=1S/C76H55N/c1-75(2)67-25-15-13-21-59(67)61-38-35-56(46-69(61)75)73-63-23-11-12-24-64(63)74(57-36-39-62-60-22-14-16-26-68(60)76(3,4)70(62)47-57)66-45-55(34-40-65(66)73)49-29-27-48(28-30-49)52-31-32-54-44-58(37-33-53(54)43-52)77-71(50-17-7-5-8-18-50)41-42-72(77)51-19-9-6-10-20-51/h5-47H,1-4H3. The highest BCUT2D eigenvalue weighted by molar-refractivity contribution is 6.22. The van der Waals surface area contributed by atoms with E-state index in [1.165, 1.54) is 144 Å². The molecule has 0 radical (unpaired) electrons. The highest BCUT2D eigenvalue weighted by Crippen LogP contribution is 2.54. The van der Waals surface area contributed by atoms with Crippen LogP contribution >= 0.6 is 0 Å². The van der Waals surface area contributed by atoms with E-state index in [4.69, 9.17) is 0 Å². The first kappa shape index (κ1) is 45.1. The molecule has 2 aliphatic carbocycles. The summed E-state index contributed by atoms with van der Waals surface area (Å²) in [5.74, 6) is 0. The first-order valence-electron chi connectivity index (χ1n) is 27.1. The monoisotopic (exact) mass is 981 g/mol. The van der Waals surface area contributed by atoms with Gasteiger partial charge in [-0.15, -0.1) is 0 Å². The van der Waals surface area contributed by atoms with Gasteiger partial charge in [0.05, 0.1) is 11.4 Å². The molecule has 0 fully saturated rings. The smallest absolute Gasteiger partial charge is 0.0535 e. The van der Waals surface area contributed by atoms with Crippen LogP contribution in [-0.4, -0.2) is 4.57 Å². The van der Waals surface area contributed by atoms with E-state index in [9.17, 15) is 0 Å². The van der Waals surface area contributed by atoms with E-state index in [0.717, 1.165) is 5.69 Å². The molecule has 1 aromatic heterocycles. The molecule has 13 aromatic rings. The molecule has 0 spiro atoms. The Balaban J connectivity index is 0.844. The quantitative estimate of drug-likeness (QED) is 0.140. The van der Waals surface area contributed by atoms with Crippen LogP contribution in [0.2, 0.25) is 0 Å². The highest BCUT2D eigenvalue weighted by atomic mass is 15.0. The average molecular weight is 982 g/mol. The summed E-state index contributed by atoms with van der Waals surface area (Å²) in [6.07, 6.45) is 0. The first-order valence-corrected chi connectivity index (χ1v) is 27.1. The maximum atomic E-state index is 2.50. The highest BCUT2D eigenvalue weighted by Gasteiger charge is 2.37. The van der Waals surface area contributed by atoms with E-state index < -0.39 is 0 Å². The van der Waals surface area contributed by atoms with Crippen LogP contribution < -0.4 is 0 Å². The number of nitrogens with zero attached hydrogens (tertiary/aromatic N) is 1. The van der Waals surface area contributed by atoms with Gasteiger partial charge in [0, 0.05) is 16.5 Å². The largest absolute Gasteiger partial charge is 0.309 e. The number of hydrogen-bond acceptors (Lipinski definition) is 0. The summed E-state index contributed by atoms with van der Waals surface area (Å²) in [5, 5.41) is 7.48. The number of fused-ring (bicyclic) bond motifs is 9. The molecular formula is C76H55N. The molecule has 0 atom stereocenters. The van der Waals surface area contributed by atoms with Crippen LogP contribution in [0.15, 0.2) is 261 Å². The van der Waals surface area contributed by atoms with E-state index in [0.29, 0.717) is 0 Å². The minimum absolute atomic E-state index is 0.110. The molecule has 12 aromatic carbocycles. The van der Waals surface area contributed by atoms with Crippen molar-refractivity contribution < 1.29 is 0 Å². The molecule has 0 aliphatic heterocycles. The second-order valence-corrected chi connectivity index (χ2v) is 22.4. The minimum Gasteiger partial charge on any atom is -0.309 e. The fraction of sp³-hybridized carbons (Fsp3) is 0.0789. The molecule has 1 heteroatoms. The molecule has 2 aliphatic rings. The Hall–Kier alpha value is -9.30. The van der Waals surface area contributed by atoms with Crippen LogP contribution in [0.1, 0.15) is 49.9 Å². The fourth-order valence-corrected chi connectivity index (χ4v) is 13.5. The van der Waals surface area contributed by atoms with E-state index in [-0.39, 0.29) is 10.8 Å². The van der Waals surface area contributed by atoms with Crippen molar-refractivity contribution in [2.24, 2.45) is 0 Å². The molecule has 0 amide bonds. The maximum absolute atomic E-state index is 2.50. The van der Waals surface area contributed by atoms with E-state index in [2.05, 4.69) is 293 Å². The Labute approximate surface area is 451 Å². The molecular weight excluding hydrogens is 927 g/mol. The van der Waals surface area contributed by atoms with Crippen molar-refractivity contribution in [3.05, 3.63) is 283 Å². The first-order chi connectivity index (χ1) is 37.7. The van der Waals surface area contributed by atoms with Crippen molar-refractivity contribution in [3.63, 3.8) is 0 Å². The number of benzene rings is 12. The number of rotatable bonds is 7. The lowest BCUT2D eigenvalue weighted by Gasteiger charge is -2.24. The second kappa shape index (κ2) is 17.1. The van der Waals surface area contributed by atoms with Crippen LogP contribution in [-0.2, 0) is 10.8 Å². The summed E-state index contributed by atoms with van der Waals surface area (Å²) >= 11 is 0. The molecule has 0 unspecified atom stereocenters. The molecule has 0 N–H and O–H groups in total. The van der Waals surface area contributed by atoms with Gasteiger partial charge in [0.25, 0.3) is 0 Å². The van der Waals surface area contributed by atoms with Crippen molar-refractivity contribution in [1.82, 2.24) is 4.57 Å². The van der Waals surface area contributed by atoms with Crippen LogP contribution in [0, 0.1) is 0 Å². The van der Waals surface area contributed by atoms with E-state index in [1.807, 2.05) is 0 Å². The normalized spacial score (nSPS) is 13.7. The van der Waals surface area contributed by atoms with Crippen molar-refractivity contribution in [1.29, 1.82) is 0 Å². The summed E-state index contributed by atoms with van der Waals surface area (Å²) in [4.78, 5) is 0. The van der Waals surface area contributed by atoms with Crippen LogP contribution in [0.5, 0.6) is 0 Å². The van der Waals surface area contributed by atoms with Crippen molar-refractivity contribution in [2.45, 2.75) is 38.5 Å². The summed E-state index contributed by atoms with van der Waals surface area (Å²) in [5.41, 5.74) is 26.4. The lowest BCUT2D eigenvalue weighted by molar-refractivity contribution is 0.660. The Morgan fingerprint density at radius 1 is 0.247 bits per heavy atom. The molecule has 0 saturated carbocycles. The molecule has 15 rings (SSSR count). The van der Waals surface area contributed by atoms with Crippen LogP contribution in [0.25, 0.3) is 127 Å². The Morgan fingerprint density at radius 2 is 0.649 bits per heavy atom. The number of hydrogen-bond donors (Lipinski definition) is 0. The summed E-state index contributed by atoms with van der Waals surface area (Å²) in [6.45, 7) is 9.54. The van der Waals surface area contributed by atoms with Crippen LogP contribution in [0.4, 0.5) is 0 Å². The molecule has 77 heavy (non-hydrogen) atoms. The van der Waals surface area contributed by atoms with Gasteiger partial charge in [-0.2, -0.15) is 0 Å². The third kappa shape index (κ3) is 7.00. The lowest BCUT2D eigenvalue weighted by atomic mass is 9.79. The van der Waals surface area contributed by atoms with Crippen molar-refractivity contribution >= 4 is 32.3 Å². The number of aromatic nitrogens is 1. The zero-order valence-electron chi connectivity index (χ0n) is 43.8. The SMILES string of the molecule is CC1(C)c2ccccc2-c2ccc(-c3c4ccccc4c(-c4ccc5c(c4)C(C)(C)c4ccccc4-5)c4cc(-c5ccc(-c6ccc7cc(-n8c(-c9ccccc9)ccc8-c8ccccc8)ccc7c6)cc5)ccc34)cc21.